The van der Waals surface area contributed by atoms with Crippen molar-refractivity contribution in [3.05, 3.63) is 23.8 Å². The van der Waals surface area contributed by atoms with Gasteiger partial charge in [-0.25, -0.2) is 0 Å². The first-order valence-corrected chi connectivity index (χ1v) is 4.80. The molecule has 0 amide bonds. The van der Waals surface area contributed by atoms with Crippen molar-refractivity contribution in [2.75, 3.05) is 12.7 Å². The van der Waals surface area contributed by atoms with Gasteiger partial charge in [0.15, 0.2) is 0 Å². The zero-order valence-corrected chi connectivity index (χ0v) is 12.0. The Morgan fingerprint density at radius 3 is 2.80 bits per heavy atom. The Morgan fingerprint density at radius 2 is 2.07 bits per heavy atom. The van der Waals surface area contributed by atoms with E-state index in [4.69, 9.17) is 21.1 Å². The standard InChI is InChI=1S/C10H10ClO2.BrH.Mg/c11-5-1-2-8-3-4-9-10(6-8)13-7-12-9;;/h4,6H,1-2,5,7H2;1H;/q-1;;+2/p-1. The van der Waals surface area contributed by atoms with Gasteiger partial charge >= 0.3 is 23.1 Å². The number of rotatable bonds is 3. The van der Waals surface area contributed by atoms with Crippen molar-refractivity contribution in [2.45, 2.75) is 12.8 Å². The van der Waals surface area contributed by atoms with E-state index in [1.807, 2.05) is 12.1 Å². The van der Waals surface area contributed by atoms with Crippen molar-refractivity contribution >= 4 is 34.7 Å². The Labute approximate surface area is 121 Å². The molecule has 5 heteroatoms. The van der Waals surface area contributed by atoms with Crippen molar-refractivity contribution in [1.29, 1.82) is 0 Å². The van der Waals surface area contributed by atoms with Crippen LogP contribution in [0.1, 0.15) is 12.0 Å². The Balaban J connectivity index is 0.000000980. The zero-order chi connectivity index (χ0) is 9.10. The number of aryl methyl sites for hydroxylation is 1. The van der Waals surface area contributed by atoms with E-state index < -0.39 is 0 Å². The molecule has 0 atom stereocenters. The molecule has 0 N–H and O–H groups in total. The quantitative estimate of drug-likeness (QED) is 0.406. The first-order chi connectivity index (χ1) is 6.40. The summed E-state index contributed by atoms with van der Waals surface area (Å²) in [7, 11) is 0. The van der Waals surface area contributed by atoms with Crippen molar-refractivity contribution in [1.82, 2.24) is 0 Å². The summed E-state index contributed by atoms with van der Waals surface area (Å²) in [6.45, 7) is 0.322. The Kier molecular flexibility index (Phi) is 7.78. The van der Waals surface area contributed by atoms with E-state index in [0.29, 0.717) is 12.7 Å². The summed E-state index contributed by atoms with van der Waals surface area (Å²) in [4.78, 5) is 0. The summed E-state index contributed by atoms with van der Waals surface area (Å²) in [6, 6.07) is 6.93. The molecule has 15 heavy (non-hydrogen) atoms. The van der Waals surface area contributed by atoms with Crippen molar-refractivity contribution in [2.24, 2.45) is 0 Å². The van der Waals surface area contributed by atoms with E-state index in [0.717, 1.165) is 29.9 Å². The molecule has 0 spiro atoms. The molecule has 1 aromatic rings. The molecule has 2 rings (SSSR count). The van der Waals surface area contributed by atoms with Gasteiger partial charge in [0, 0.05) is 5.88 Å². The van der Waals surface area contributed by atoms with E-state index >= 15 is 0 Å². The maximum absolute atomic E-state index is 5.60. The summed E-state index contributed by atoms with van der Waals surface area (Å²) in [6.07, 6.45) is 1.91. The molecule has 1 aliphatic heterocycles. The molecule has 0 fully saturated rings. The third kappa shape index (κ3) is 4.02. The summed E-state index contributed by atoms with van der Waals surface area (Å²) in [5.41, 5.74) is 1.13. The molecule has 0 bridgehead atoms. The molecule has 0 radical (unpaired) electrons. The van der Waals surface area contributed by atoms with Gasteiger partial charge in [0.05, 0.1) is 11.5 Å². The average molecular weight is 302 g/mol. The van der Waals surface area contributed by atoms with Gasteiger partial charge in [-0.05, 0) is 12.8 Å². The van der Waals surface area contributed by atoms with Gasteiger partial charge in [0.1, 0.15) is 0 Å². The largest absolute Gasteiger partial charge is 2.00 e. The predicted octanol–water partition coefficient (Wildman–Crippen LogP) is -0.990. The van der Waals surface area contributed by atoms with E-state index in [1.54, 1.807) is 0 Å². The minimum Gasteiger partial charge on any atom is -1.00 e. The summed E-state index contributed by atoms with van der Waals surface area (Å²) < 4.78 is 10.4. The molecule has 0 aromatic heterocycles. The molecule has 0 saturated heterocycles. The fraction of sp³-hybridized carbons (Fsp3) is 0.400. The molecule has 1 heterocycles. The SMILES string of the molecule is ClCCCc1[c-]cc2c(c1)OCO2.[Br-].[Mg+2]. The van der Waals surface area contributed by atoms with Gasteiger partial charge in [0.2, 0.25) is 6.79 Å². The van der Waals surface area contributed by atoms with Crippen molar-refractivity contribution in [3.8, 4) is 11.5 Å². The summed E-state index contributed by atoms with van der Waals surface area (Å²) in [5, 5.41) is 0. The van der Waals surface area contributed by atoms with Crippen LogP contribution in [-0.4, -0.2) is 35.7 Å². The second kappa shape index (κ2) is 7.60. The molecular weight excluding hydrogens is 292 g/mol. The van der Waals surface area contributed by atoms with Crippen LogP contribution < -0.4 is 26.5 Å². The Morgan fingerprint density at radius 1 is 1.33 bits per heavy atom. The fourth-order valence-electron chi connectivity index (χ4n) is 1.28. The van der Waals surface area contributed by atoms with Gasteiger partial charge in [0.25, 0.3) is 0 Å². The molecule has 1 aromatic carbocycles. The maximum atomic E-state index is 5.60. The van der Waals surface area contributed by atoms with E-state index in [1.165, 1.54) is 0 Å². The van der Waals surface area contributed by atoms with Crippen LogP contribution in [0.15, 0.2) is 12.1 Å². The molecule has 2 nitrogen and oxygen atoms in total. The third-order valence-corrected chi connectivity index (χ3v) is 2.21. The first-order valence-electron chi connectivity index (χ1n) is 4.26. The topological polar surface area (TPSA) is 18.5 Å². The minimum absolute atomic E-state index is 0. The van der Waals surface area contributed by atoms with E-state index in [-0.39, 0.29) is 40.0 Å². The Bertz CT molecular complexity index is 309. The van der Waals surface area contributed by atoms with Crippen molar-refractivity contribution < 1.29 is 26.5 Å². The number of fused-ring (bicyclic) bond motifs is 1. The Hall–Kier alpha value is 0.356. The molecule has 0 unspecified atom stereocenters. The number of alkyl halides is 1. The van der Waals surface area contributed by atoms with E-state index in [9.17, 15) is 0 Å². The summed E-state index contributed by atoms with van der Waals surface area (Å²) >= 11 is 5.60. The van der Waals surface area contributed by atoms with Gasteiger partial charge < -0.3 is 26.5 Å². The smallest absolute Gasteiger partial charge is 1.00 e. The predicted molar refractivity (Wildman–Crippen MR) is 56.2 cm³/mol. The van der Waals surface area contributed by atoms with Gasteiger partial charge in [-0.1, -0.05) is 0 Å². The zero-order valence-electron chi connectivity index (χ0n) is 8.26. The molecule has 0 saturated carbocycles. The normalized spacial score (nSPS) is 11.5. The maximum Gasteiger partial charge on any atom is 2.00 e. The number of benzene rings is 1. The molecular formula is C10H10BrClMgO2. The molecule has 78 valence electrons. The third-order valence-electron chi connectivity index (χ3n) is 1.95. The molecule has 1 aliphatic rings. The molecule has 0 aliphatic carbocycles. The van der Waals surface area contributed by atoms with E-state index in [2.05, 4.69) is 6.07 Å². The summed E-state index contributed by atoms with van der Waals surface area (Å²) in [5.74, 6) is 2.29. The van der Waals surface area contributed by atoms with Gasteiger partial charge in [-0.2, -0.15) is 11.6 Å². The number of ether oxygens (including phenoxy) is 2. The van der Waals surface area contributed by atoms with Gasteiger partial charge in [-0.3, -0.25) is 0 Å². The van der Waals surface area contributed by atoms with Crippen LogP contribution in [0, 0.1) is 6.07 Å². The van der Waals surface area contributed by atoms with Crippen molar-refractivity contribution in [3.63, 3.8) is 0 Å². The van der Waals surface area contributed by atoms with Crippen LogP contribution in [0.25, 0.3) is 0 Å². The number of hydrogen-bond donors (Lipinski definition) is 0. The second-order valence-corrected chi connectivity index (χ2v) is 3.26. The fourth-order valence-corrected chi connectivity index (χ4v) is 1.42. The van der Waals surface area contributed by atoms with Crippen LogP contribution in [0.5, 0.6) is 11.5 Å². The minimum atomic E-state index is 0. The number of halogens is 2. The monoisotopic (exact) mass is 300 g/mol. The van der Waals surface area contributed by atoms with Crippen LogP contribution in [0.3, 0.4) is 0 Å². The van der Waals surface area contributed by atoms with Gasteiger partial charge in [-0.15, -0.1) is 23.7 Å². The second-order valence-electron chi connectivity index (χ2n) is 2.89. The first kappa shape index (κ1) is 15.4. The van der Waals surface area contributed by atoms with Crippen LogP contribution in [0.4, 0.5) is 0 Å². The average Bonchev–Trinajstić information content (AvgIpc) is 2.61. The van der Waals surface area contributed by atoms with Crippen LogP contribution >= 0.6 is 11.6 Å². The number of hydrogen-bond acceptors (Lipinski definition) is 2. The van der Waals surface area contributed by atoms with Crippen LogP contribution in [-0.2, 0) is 6.42 Å². The van der Waals surface area contributed by atoms with Crippen LogP contribution in [0.2, 0.25) is 0 Å².